The van der Waals surface area contributed by atoms with Crippen molar-refractivity contribution in [1.82, 2.24) is 9.97 Å². The third kappa shape index (κ3) is 5.06. The van der Waals surface area contributed by atoms with Gasteiger partial charge in [0.2, 0.25) is 5.91 Å². The number of hydrogen-bond donors (Lipinski definition) is 1. The molecule has 2 heterocycles. The van der Waals surface area contributed by atoms with Crippen molar-refractivity contribution in [1.29, 1.82) is 0 Å². The van der Waals surface area contributed by atoms with Gasteiger partial charge < -0.3 is 10.1 Å². The predicted molar refractivity (Wildman–Crippen MR) is 129 cm³/mol. The summed E-state index contributed by atoms with van der Waals surface area (Å²) in [5.41, 5.74) is 5.12. The van der Waals surface area contributed by atoms with Gasteiger partial charge in [-0.15, -0.1) is 23.1 Å². The number of amides is 1. The van der Waals surface area contributed by atoms with E-state index >= 15 is 0 Å². The van der Waals surface area contributed by atoms with Crippen LogP contribution in [0.1, 0.15) is 17.5 Å². The lowest BCUT2D eigenvalue weighted by atomic mass is 10.1. The number of methoxy groups -OCH3 is 1. The molecule has 0 aliphatic carbocycles. The van der Waals surface area contributed by atoms with E-state index in [0.29, 0.717) is 17.3 Å². The van der Waals surface area contributed by atoms with Gasteiger partial charge in [-0.1, -0.05) is 42.0 Å². The number of para-hydroxylation sites is 1. The van der Waals surface area contributed by atoms with Gasteiger partial charge in [0, 0.05) is 28.5 Å². The molecule has 0 bridgehead atoms. The van der Waals surface area contributed by atoms with E-state index in [9.17, 15) is 4.79 Å². The van der Waals surface area contributed by atoms with Gasteiger partial charge in [-0.2, -0.15) is 0 Å². The van der Waals surface area contributed by atoms with Gasteiger partial charge in [0.25, 0.3) is 0 Å². The van der Waals surface area contributed by atoms with Crippen molar-refractivity contribution in [3.05, 3.63) is 65.0 Å². The van der Waals surface area contributed by atoms with Crippen LogP contribution in [0.3, 0.4) is 0 Å². The maximum Gasteiger partial charge on any atom is 0.226 e. The molecule has 4 aromatic rings. The molecule has 2 aromatic heterocycles. The van der Waals surface area contributed by atoms with Crippen molar-refractivity contribution < 1.29 is 9.53 Å². The highest BCUT2D eigenvalue weighted by Gasteiger charge is 2.11. The molecular weight excluding hydrogens is 426 g/mol. The monoisotopic (exact) mass is 449 g/mol. The van der Waals surface area contributed by atoms with Gasteiger partial charge >= 0.3 is 0 Å². The maximum atomic E-state index is 12.4. The van der Waals surface area contributed by atoms with Gasteiger partial charge in [0.1, 0.15) is 11.3 Å². The minimum atomic E-state index is -0.0487. The fourth-order valence-corrected chi connectivity index (χ4v) is 4.87. The van der Waals surface area contributed by atoms with Crippen molar-refractivity contribution in [3.63, 3.8) is 0 Å². The minimum Gasteiger partial charge on any atom is -0.494 e. The number of aryl methyl sites for hydroxylation is 2. The Kier molecular flexibility index (Phi) is 6.53. The molecule has 0 aliphatic rings. The standard InChI is InChI=1S/C24H23N3O2S2/c1-15-7-9-17(10-8-15)19-14-31-24(25-19)26-21(28)11-12-30-22-13-16(2)18-5-4-6-20(29-3)23(18)27-22/h4-10,13-14H,11-12H2,1-3H3,(H,25,26,28). The Labute approximate surface area is 189 Å². The number of nitrogens with one attached hydrogen (secondary N) is 1. The Hall–Kier alpha value is -2.90. The zero-order valence-electron chi connectivity index (χ0n) is 17.6. The summed E-state index contributed by atoms with van der Waals surface area (Å²) < 4.78 is 5.44. The smallest absolute Gasteiger partial charge is 0.226 e. The number of hydrogen-bond acceptors (Lipinski definition) is 6. The van der Waals surface area contributed by atoms with Crippen molar-refractivity contribution in [2.24, 2.45) is 0 Å². The number of carbonyl (C=O) groups is 1. The van der Waals surface area contributed by atoms with E-state index in [1.807, 2.05) is 35.7 Å². The number of thiazole rings is 1. The van der Waals surface area contributed by atoms with E-state index in [4.69, 9.17) is 9.72 Å². The zero-order chi connectivity index (χ0) is 21.8. The van der Waals surface area contributed by atoms with Crippen molar-refractivity contribution in [3.8, 4) is 17.0 Å². The molecule has 0 aliphatic heterocycles. The van der Waals surface area contributed by atoms with Crippen LogP contribution in [0, 0.1) is 13.8 Å². The van der Waals surface area contributed by atoms with Crippen molar-refractivity contribution >= 4 is 45.0 Å². The van der Waals surface area contributed by atoms with E-state index in [-0.39, 0.29) is 5.91 Å². The highest BCUT2D eigenvalue weighted by Crippen LogP contribution is 2.30. The quantitative estimate of drug-likeness (QED) is 0.345. The number of ether oxygens (including phenoxy) is 1. The molecule has 0 atom stereocenters. The number of anilines is 1. The van der Waals surface area contributed by atoms with Crippen LogP contribution in [0.4, 0.5) is 5.13 Å². The number of fused-ring (bicyclic) bond motifs is 1. The number of nitrogens with zero attached hydrogens (tertiary/aromatic N) is 2. The lowest BCUT2D eigenvalue weighted by Gasteiger charge is -2.09. The van der Waals surface area contributed by atoms with Gasteiger partial charge in [-0.3, -0.25) is 4.79 Å². The van der Waals surface area contributed by atoms with E-state index in [0.717, 1.165) is 38.5 Å². The largest absolute Gasteiger partial charge is 0.494 e. The van der Waals surface area contributed by atoms with E-state index in [1.54, 1.807) is 18.9 Å². The second-order valence-corrected chi connectivity index (χ2v) is 9.16. The molecule has 1 N–H and O–H groups in total. The van der Waals surface area contributed by atoms with Crippen LogP contribution in [0.15, 0.2) is 58.9 Å². The van der Waals surface area contributed by atoms with Crippen LogP contribution < -0.4 is 10.1 Å². The lowest BCUT2D eigenvalue weighted by molar-refractivity contribution is -0.115. The summed E-state index contributed by atoms with van der Waals surface area (Å²) in [6.07, 6.45) is 0.384. The summed E-state index contributed by atoms with van der Waals surface area (Å²) in [7, 11) is 1.65. The average molecular weight is 450 g/mol. The van der Waals surface area contributed by atoms with Crippen LogP contribution in [0.5, 0.6) is 5.75 Å². The topological polar surface area (TPSA) is 64.1 Å². The van der Waals surface area contributed by atoms with Crippen LogP contribution in [0.25, 0.3) is 22.2 Å². The molecule has 7 heteroatoms. The molecule has 0 unspecified atom stereocenters. The fourth-order valence-electron chi connectivity index (χ4n) is 3.22. The lowest BCUT2D eigenvalue weighted by Crippen LogP contribution is -2.12. The molecule has 4 rings (SSSR count). The first kappa shape index (κ1) is 21.3. The van der Waals surface area contributed by atoms with Crippen molar-refractivity contribution in [2.45, 2.75) is 25.3 Å². The van der Waals surface area contributed by atoms with Crippen LogP contribution in [0.2, 0.25) is 0 Å². The van der Waals surface area contributed by atoms with Gasteiger partial charge in [-0.25, -0.2) is 9.97 Å². The minimum absolute atomic E-state index is 0.0487. The molecule has 2 aromatic carbocycles. The molecule has 0 fully saturated rings. The normalized spacial score (nSPS) is 10.9. The highest BCUT2D eigenvalue weighted by atomic mass is 32.2. The highest BCUT2D eigenvalue weighted by molar-refractivity contribution is 7.99. The number of thioether (sulfide) groups is 1. The second kappa shape index (κ2) is 9.49. The summed E-state index contributed by atoms with van der Waals surface area (Å²) in [4.78, 5) is 21.6. The summed E-state index contributed by atoms with van der Waals surface area (Å²) in [5, 5.41) is 7.45. The first-order chi connectivity index (χ1) is 15.0. The molecule has 31 heavy (non-hydrogen) atoms. The van der Waals surface area contributed by atoms with Crippen LogP contribution in [-0.2, 0) is 4.79 Å². The summed E-state index contributed by atoms with van der Waals surface area (Å²) in [6.45, 7) is 4.12. The first-order valence-corrected chi connectivity index (χ1v) is 11.8. The molecule has 158 valence electrons. The predicted octanol–water partition coefficient (Wildman–Crippen LogP) is 6.10. The zero-order valence-corrected chi connectivity index (χ0v) is 19.3. The second-order valence-electron chi connectivity index (χ2n) is 7.18. The Morgan fingerprint density at radius 1 is 1.13 bits per heavy atom. The Bertz CT molecular complexity index is 1220. The molecule has 0 radical (unpaired) electrons. The first-order valence-electron chi connectivity index (χ1n) is 9.93. The fraction of sp³-hybridized carbons (Fsp3) is 0.208. The average Bonchev–Trinajstić information content (AvgIpc) is 3.22. The third-order valence-electron chi connectivity index (χ3n) is 4.88. The number of aromatic nitrogens is 2. The molecule has 0 spiro atoms. The number of benzene rings is 2. The van der Waals surface area contributed by atoms with Crippen LogP contribution in [-0.4, -0.2) is 28.7 Å². The van der Waals surface area contributed by atoms with E-state index in [2.05, 4.69) is 42.3 Å². The summed E-state index contributed by atoms with van der Waals surface area (Å²) in [5.74, 6) is 1.34. The van der Waals surface area contributed by atoms with E-state index in [1.165, 1.54) is 16.9 Å². The molecule has 1 amide bonds. The Morgan fingerprint density at radius 2 is 1.94 bits per heavy atom. The van der Waals surface area contributed by atoms with E-state index < -0.39 is 0 Å². The number of carbonyl (C=O) groups excluding carboxylic acids is 1. The maximum absolute atomic E-state index is 12.4. The van der Waals surface area contributed by atoms with Gasteiger partial charge in [0.05, 0.1) is 17.8 Å². The number of rotatable bonds is 7. The summed E-state index contributed by atoms with van der Waals surface area (Å²) >= 11 is 3.00. The van der Waals surface area contributed by atoms with Crippen molar-refractivity contribution in [2.75, 3.05) is 18.2 Å². The molecule has 5 nitrogen and oxygen atoms in total. The Morgan fingerprint density at radius 3 is 2.71 bits per heavy atom. The molecular formula is C24H23N3O2S2. The number of pyridine rings is 1. The van der Waals surface area contributed by atoms with Crippen LogP contribution >= 0.6 is 23.1 Å². The Balaban J connectivity index is 1.35. The molecule has 0 saturated carbocycles. The summed E-state index contributed by atoms with van der Waals surface area (Å²) in [6, 6.07) is 16.2. The third-order valence-corrected chi connectivity index (χ3v) is 6.55. The molecule has 0 saturated heterocycles. The van der Waals surface area contributed by atoms with Gasteiger partial charge in [-0.05, 0) is 31.5 Å². The van der Waals surface area contributed by atoms with Gasteiger partial charge in [0.15, 0.2) is 5.13 Å². The SMILES string of the molecule is COc1cccc2c(C)cc(SCCC(=O)Nc3nc(-c4ccc(C)cc4)cs3)nc12.